The number of halogens is 1. The van der Waals surface area contributed by atoms with Crippen molar-refractivity contribution in [1.82, 2.24) is 15.2 Å². The number of pyridine rings is 1. The third-order valence-corrected chi connectivity index (χ3v) is 7.44. The van der Waals surface area contributed by atoms with Crippen molar-refractivity contribution < 1.29 is 19.1 Å². The lowest BCUT2D eigenvalue weighted by atomic mass is 9.97. The maximum atomic E-state index is 13.2. The van der Waals surface area contributed by atoms with E-state index in [0.717, 1.165) is 51.5 Å². The predicted octanol–water partition coefficient (Wildman–Crippen LogP) is 7.09. The molecule has 0 bridgehead atoms. The van der Waals surface area contributed by atoms with Gasteiger partial charge < -0.3 is 14.8 Å². The number of hydrogen-bond acceptors (Lipinski definition) is 6. The van der Waals surface area contributed by atoms with Crippen molar-refractivity contribution >= 4 is 38.8 Å². The molecule has 10 nitrogen and oxygen atoms in total. The molecule has 2 heterocycles. The lowest BCUT2D eigenvalue weighted by molar-refractivity contribution is -0.127. The Kier molecular flexibility index (Phi) is 10.7. The van der Waals surface area contributed by atoms with Gasteiger partial charge in [0.05, 0.1) is 5.52 Å². The summed E-state index contributed by atoms with van der Waals surface area (Å²) in [6, 6.07) is 14.9. The Labute approximate surface area is 254 Å². The number of aryl methyl sites for hydroxylation is 1. The number of aromatic nitrogens is 1. The second-order valence-corrected chi connectivity index (χ2v) is 12.3. The predicted molar refractivity (Wildman–Crippen MR) is 165 cm³/mol. The van der Waals surface area contributed by atoms with E-state index in [4.69, 9.17) is 15.0 Å². The van der Waals surface area contributed by atoms with Gasteiger partial charge in [-0.1, -0.05) is 35.4 Å². The molecule has 1 fully saturated rings. The van der Waals surface area contributed by atoms with Crippen LogP contribution in [0.4, 0.5) is 4.79 Å². The van der Waals surface area contributed by atoms with E-state index in [1.165, 1.54) is 4.90 Å². The minimum absolute atomic E-state index is 0.259. The molecule has 0 aliphatic carbocycles. The molecule has 4 rings (SSSR count). The Morgan fingerprint density at radius 2 is 1.98 bits per heavy atom. The molecule has 1 saturated heterocycles. The van der Waals surface area contributed by atoms with Gasteiger partial charge in [0.1, 0.15) is 24.0 Å². The monoisotopic (exact) mass is 636 g/mol. The molecule has 3 aromatic rings. The van der Waals surface area contributed by atoms with Gasteiger partial charge in [0.15, 0.2) is 0 Å². The largest absolute Gasteiger partial charge is 0.489 e. The summed E-state index contributed by atoms with van der Waals surface area (Å²) in [6.45, 7) is 6.55. The van der Waals surface area contributed by atoms with Gasteiger partial charge in [0.25, 0.3) is 0 Å². The lowest BCUT2D eigenvalue weighted by Gasteiger charge is -2.37. The molecule has 1 aliphatic rings. The average molecular weight is 638 g/mol. The minimum Gasteiger partial charge on any atom is -0.489 e. The molecule has 0 radical (unpaired) electrons. The number of carbonyl (C=O) groups excluding carboxylic acids is 2. The van der Waals surface area contributed by atoms with Crippen LogP contribution in [0.25, 0.3) is 21.3 Å². The van der Waals surface area contributed by atoms with Crippen molar-refractivity contribution in [3.05, 3.63) is 80.8 Å². The van der Waals surface area contributed by atoms with E-state index >= 15 is 0 Å². The highest BCUT2D eigenvalue weighted by molar-refractivity contribution is 9.10. The number of ether oxygens (including phenoxy) is 2. The van der Waals surface area contributed by atoms with E-state index in [9.17, 15) is 9.59 Å². The SMILES string of the molecule is CC(C)(C)OC(=O)N1CC[C@H](N=[N+]=[N-])C[C@H]1C(=O)NCCCCc1c(OCc2ccccc2)ccc2ncc(Br)cc12. The Morgan fingerprint density at radius 3 is 2.71 bits per heavy atom. The average Bonchev–Trinajstić information content (AvgIpc) is 2.96. The highest BCUT2D eigenvalue weighted by Gasteiger charge is 2.38. The van der Waals surface area contributed by atoms with Gasteiger partial charge in [-0.2, -0.15) is 0 Å². The lowest BCUT2D eigenvalue weighted by Crippen LogP contribution is -2.55. The summed E-state index contributed by atoms with van der Waals surface area (Å²) in [5.74, 6) is 0.540. The van der Waals surface area contributed by atoms with E-state index in [1.54, 1.807) is 27.0 Å². The summed E-state index contributed by atoms with van der Waals surface area (Å²) in [5, 5.41) is 7.81. The highest BCUT2D eigenvalue weighted by atomic mass is 79.9. The first-order valence-electron chi connectivity index (χ1n) is 14.2. The molecule has 2 amide bonds. The summed E-state index contributed by atoms with van der Waals surface area (Å²) < 4.78 is 12.7. The number of hydrogen-bond donors (Lipinski definition) is 1. The number of carbonyl (C=O) groups is 2. The van der Waals surface area contributed by atoms with Gasteiger partial charge in [0, 0.05) is 45.7 Å². The molecule has 42 heavy (non-hydrogen) atoms. The summed E-state index contributed by atoms with van der Waals surface area (Å²) in [5.41, 5.74) is 11.3. The second-order valence-electron chi connectivity index (χ2n) is 11.4. The highest BCUT2D eigenvalue weighted by Crippen LogP contribution is 2.31. The van der Waals surface area contributed by atoms with Crippen LogP contribution in [0.15, 0.2) is 64.3 Å². The number of unbranched alkanes of at least 4 members (excludes halogenated alkanes) is 1. The molecule has 0 saturated carbocycles. The fourth-order valence-corrected chi connectivity index (χ4v) is 5.34. The molecule has 2 aromatic carbocycles. The van der Waals surface area contributed by atoms with Crippen molar-refractivity contribution in [2.75, 3.05) is 13.1 Å². The summed E-state index contributed by atoms with van der Waals surface area (Å²) in [6.07, 6.45) is 4.25. The Balaban J connectivity index is 1.39. The van der Waals surface area contributed by atoms with Gasteiger partial charge >= 0.3 is 6.09 Å². The number of azide groups is 1. The number of fused-ring (bicyclic) bond motifs is 1. The first-order chi connectivity index (χ1) is 20.1. The number of rotatable bonds is 10. The van der Waals surface area contributed by atoms with Crippen molar-refractivity contribution in [1.29, 1.82) is 0 Å². The van der Waals surface area contributed by atoms with E-state index in [2.05, 4.69) is 42.3 Å². The van der Waals surface area contributed by atoms with E-state index in [0.29, 0.717) is 19.6 Å². The van der Waals surface area contributed by atoms with Crippen molar-refractivity contribution in [3.63, 3.8) is 0 Å². The molecule has 222 valence electrons. The van der Waals surface area contributed by atoms with Crippen molar-refractivity contribution in [2.45, 2.75) is 77.2 Å². The zero-order valence-electron chi connectivity index (χ0n) is 24.3. The quantitative estimate of drug-likeness (QED) is 0.110. The number of benzene rings is 2. The first-order valence-corrected chi connectivity index (χ1v) is 15.0. The smallest absolute Gasteiger partial charge is 0.410 e. The topological polar surface area (TPSA) is 130 Å². The number of amides is 2. The number of nitrogens with one attached hydrogen (secondary N) is 1. The molecular weight excluding hydrogens is 600 g/mol. The Hall–Kier alpha value is -3.82. The van der Waals surface area contributed by atoms with Crippen LogP contribution < -0.4 is 10.1 Å². The van der Waals surface area contributed by atoms with Crippen molar-refractivity contribution in [2.24, 2.45) is 5.11 Å². The Bertz CT molecular complexity index is 1440. The first kappa shape index (κ1) is 31.1. The maximum Gasteiger partial charge on any atom is 0.410 e. The summed E-state index contributed by atoms with van der Waals surface area (Å²) in [7, 11) is 0. The van der Waals surface area contributed by atoms with Crippen LogP contribution in [0.2, 0.25) is 0 Å². The number of likely N-dealkylation sites (tertiary alicyclic amines) is 1. The van der Waals surface area contributed by atoms with E-state index < -0.39 is 17.7 Å². The third-order valence-electron chi connectivity index (χ3n) is 7.01. The van der Waals surface area contributed by atoms with Crippen LogP contribution >= 0.6 is 15.9 Å². The molecule has 0 unspecified atom stereocenters. The van der Waals surface area contributed by atoms with Gasteiger partial charge in [-0.15, -0.1) is 0 Å². The fourth-order valence-electron chi connectivity index (χ4n) is 5.01. The maximum absolute atomic E-state index is 13.2. The second kappa shape index (κ2) is 14.4. The van der Waals surface area contributed by atoms with Crippen LogP contribution in [-0.2, 0) is 22.6 Å². The summed E-state index contributed by atoms with van der Waals surface area (Å²) in [4.78, 5) is 35.0. The molecular formula is C31H37BrN6O4. The van der Waals surface area contributed by atoms with Crippen LogP contribution in [0, 0.1) is 0 Å². The van der Waals surface area contributed by atoms with E-state index in [-0.39, 0.29) is 24.9 Å². The molecule has 0 spiro atoms. The zero-order chi connectivity index (χ0) is 30.1. The third kappa shape index (κ3) is 8.59. The molecule has 2 atom stereocenters. The fraction of sp³-hybridized carbons (Fsp3) is 0.452. The number of nitrogens with zero attached hydrogens (tertiary/aromatic N) is 5. The minimum atomic E-state index is -0.761. The van der Waals surface area contributed by atoms with Crippen LogP contribution in [-0.4, -0.2) is 52.7 Å². The van der Waals surface area contributed by atoms with E-state index in [1.807, 2.05) is 42.5 Å². The van der Waals surface area contributed by atoms with Gasteiger partial charge in [-0.25, -0.2) is 4.79 Å². The van der Waals surface area contributed by atoms with Gasteiger partial charge in [-0.05, 0) is 98.1 Å². The Morgan fingerprint density at radius 1 is 1.19 bits per heavy atom. The van der Waals surface area contributed by atoms with Crippen LogP contribution in [0.1, 0.15) is 57.6 Å². The number of piperidine rings is 1. The van der Waals surface area contributed by atoms with Crippen LogP contribution in [0.3, 0.4) is 0 Å². The van der Waals surface area contributed by atoms with Crippen LogP contribution in [0.5, 0.6) is 5.75 Å². The molecule has 1 aliphatic heterocycles. The molecule has 11 heteroatoms. The zero-order valence-corrected chi connectivity index (χ0v) is 25.8. The molecule has 1 aromatic heterocycles. The standard InChI is InChI=1S/C31H37BrN6O4/c1-31(2,3)42-30(40)38-16-14-23(36-37-33)18-27(38)29(39)34-15-8-7-11-24-25-17-22(32)19-35-26(25)12-13-28(24)41-20-21-9-5-4-6-10-21/h4-6,9-10,12-13,17,19,23,27H,7-8,11,14-16,18,20H2,1-3H3,(H,34,39)/t23-,27-/m0/s1. The normalized spacial score (nSPS) is 16.9. The van der Waals surface area contributed by atoms with Gasteiger partial charge in [-0.3, -0.25) is 14.7 Å². The summed E-state index contributed by atoms with van der Waals surface area (Å²) >= 11 is 3.54. The molecule has 1 N–H and O–H groups in total. The van der Waals surface area contributed by atoms with Crippen molar-refractivity contribution in [3.8, 4) is 5.75 Å². The van der Waals surface area contributed by atoms with Gasteiger partial charge in [0.2, 0.25) is 5.91 Å².